The van der Waals surface area contributed by atoms with Gasteiger partial charge in [0.1, 0.15) is 11.4 Å². The van der Waals surface area contributed by atoms with Gasteiger partial charge in [-0.15, -0.1) is 0 Å². The van der Waals surface area contributed by atoms with Crippen molar-refractivity contribution < 1.29 is 36.6 Å². The van der Waals surface area contributed by atoms with Gasteiger partial charge in [0.05, 0.1) is 21.4 Å². The molecule has 2 amide bonds. The molecule has 0 radical (unpaired) electrons. The molecule has 0 spiro atoms. The number of esters is 1. The molecule has 0 aromatic heterocycles. The van der Waals surface area contributed by atoms with Gasteiger partial charge in [-0.3, -0.25) is 29.4 Å². The second-order valence-electron chi connectivity index (χ2n) is 6.32. The number of methoxy groups -OCH3 is 1. The minimum absolute atomic E-state index is 0.0655. The number of nitro benzene ring substituents is 1. The van der Waals surface area contributed by atoms with Gasteiger partial charge in [0.2, 0.25) is 0 Å². The normalized spacial score (nSPS) is 15.1. The highest BCUT2D eigenvalue weighted by atomic mass is 79.9. The Morgan fingerprint density at radius 2 is 1.88 bits per heavy atom. The number of thioether (sulfide) groups is 1. The van der Waals surface area contributed by atoms with E-state index in [4.69, 9.17) is 4.18 Å². The first-order valence-electron chi connectivity index (χ1n) is 8.82. The summed E-state index contributed by atoms with van der Waals surface area (Å²) in [7, 11) is -3.13. The molecule has 0 bridgehead atoms. The number of carbonyl (C=O) groups excluding carboxylic acids is 3. The molecule has 0 unspecified atom stereocenters. The van der Waals surface area contributed by atoms with Crippen LogP contribution in [0.25, 0.3) is 6.08 Å². The molecule has 0 atom stereocenters. The van der Waals surface area contributed by atoms with Crippen molar-refractivity contribution >= 4 is 66.7 Å². The molecule has 1 saturated heterocycles. The highest BCUT2D eigenvalue weighted by Crippen LogP contribution is 2.34. The van der Waals surface area contributed by atoms with Crippen LogP contribution in [0.4, 0.5) is 10.5 Å². The first-order valence-corrected chi connectivity index (χ1v) is 11.8. The molecule has 0 N–H and O–H groups in total. The van der Waals surface area contributed by atoms with Gasteiger partial charge in [-0.25, -0.2) is 0 Å². The van der Waals surface area contributed by atoms with Crippen LogP contribution in [0.1, 0.15) is 5.56 Å². The zero-order chi connectivity index (χ0) is 24.3. The molecule has 172 valence electrons. The van der Waals surface area contributed by atoms with E-state index < -0.39 is 38.7 Å². The Bertz CT molecular complexity index is 1290. The lowest BCUT2D eigenvalue weighted by Crippen LogP contribution is -2.34. The number of imide groups is 1. The first-order chi connectivity index (χ1) is 15.5. The average Bonchev–Trinajstić information content (AvgIpc) is 3.02. The van der Waals surface area contributed by atoms with Crippen molar-refractivity contribution in [3.63, 3.8) is 0 Å². The SMILES string of the molecule is COC(=O)CN1C(=O)S/C(=C\c2ccc(OS(=O)(=O)c3ccc([N+](=O)[O-])cc3)c(Br)c2)C1=O. The summed E-state index contributed by atoms with van der Waals surface area (Å²) in [5, 5.41) is 10.1. The number of nitro groups is 1. The predicted octanol–water partition coefficient (Wildman–Crippen LogP) is 3.33. The molecule has 1 heterocycles. The fourth-order valence-electron chi connectivity index (χ4n) is 2.56. The van der Waals surface area contributed by atoms with Crippen LogP contribution in [0.5, 0.6) is 5.75 Å². The lowest BCUT2D eigenvalue weighted by atomic mass is 10.2. The number of amides is 2. The van der Waals surface area contributed by atoms with Crippen LogP contribution in [0.15, 0.2) is 56.7 Å². The van der Waals surface area contributed by atoms with Crippen LogP contribution in [0.2, 0.25) is 0 Å². The van der Waals surface area contributed by atoms with Gasteiger partial charge in [-0.1, -0.05) is 6.07 Å². The Balaban J connectivity index is 1.79. The van der Waals surface area contributed by atoms with Crippen molar-refractivity contribution in [3.8, 4) is 5.75 Å². The number of nitrogens with zero attached hydrogens (tertiary/aromatic N) is 2. The molecule has 1 aliphatic rings. The largest absolute Gasteiger partial charge is 0.468 e. The van der Waals surface area contributed by atoms with Crippen LogP contribution in [-0.4, -0.2) is 49.0 Å². The number of ether oxygens (including phenoxy) is 1. The van der Waals surface area contributed by atoms with Crippen molar-refractivity contribution in [3.05, 3.63) is 67.5 Å². The van der Waals surface area contributed by atoms with E-state index >= 15 is 0 Å². The molecule has 1 aliphatic heterocycles. The highest BCUT2D eigenvalue weighted by molar-refractivity contribution is 9.10. The number of benzene rings is 2. The van der Waals surface area contributed by atoms with E-state index in [1.807, 2.05) is 0 Å². The van der Waals surface area contributed by atoms with Crippen LogP contribution >= 0.6 is 27.7 Å². The van der Waals surface area contributed by atoms with E-state index in [0.29, 0.717) is 17.3 Å². The monoisotopic (exact) mass is 556 g/mol. The molecule has 2 aromatic rings. The summed E-state index contributed by atoms with van der Waals surface area (Å²) in [5.74, 6) is -1.46. The van der Waals surface area contributed by atoms with E-state index in [1.54, 1.807) is 0 Å². The summed E-state index contributed by atoms with van der Waals surface area (Å²) >= 11 is 3.85. The van der Waals surface area contributed by atoms with E-state index in [1.165, 1.54) is 24.3 Å². The second-order valence-corrected chi connectivity index (χ2v) is 9.72. The molecule has 33 heavy (non-hydrogen) atoms. The smallest absolute Gasteiger partial charge is 0.339 e. The van der Waals surface area contributed by atoms with Crippen molar-refractivity contribution in [2.45, 2.75) is 4.90 Å². The number of rotatable bonds is 7. The maximum atomic E-state index is 12.5. The Labute approximate surface area is 199 Å². The topological polar surface area (TPSA) is 150 Å². The van der Waals surface area contributed by atoms with Crippen molar-refractivity contribution in [1.82, 2.24) is 4.90 Å². The van der Waals surface area contributed by atoms with Gasteiger partial charge in [0.25, 0.3) is 16.8 Å². The van der Waals surface area contributed by atoms with E-state index in [9.17, 15) is 32.9 Å². The molecular formula is C19H13BrN2O9S2. The van der Waals surface area contributed by atoms with Crippen molar-refractivity contribution in [1.29, 1.82) is 0 Å². The molecule has 3 rings (SSSR count). The lowest BCUT2D eigenvalue weighted by molar-refractivity contribution is -0.384. The summed E-state index contributed by atoms with van der Waals surface area (Å²) < 4.78 is 34.7. The Kier molecular flexibility index (Phi) is 7.19. The summed E-state index contributed by atoms with van der Waals surface area (Å²) in [5.41, 5.74) is 0.181. The maximum Gasteiger partial charge on any atom is 0.339 e. The number of non-ortho nitro benzene ring substituents is 1. The summed E-state index contributed by atoms with van der Waals surface area (Å²) in [4.78, 5) is 46.4. The van der Waals surface area contributed by atoms with E-state index in [0.717, 1.165) is 36.3 Å². The quantitative estimate of drug-likeness (QED) is 0.163. The molecule has 2 aromatic carbocycles. The maximum absolute atomic E-state index is 12.5. The molecule has 14 heteroatoms. The number of carbonyl (C=O) groups is 3. The Hall–Kier alpha value is -3.23. The third kappa shape index (κ3) is 5.58. The minimum atomic E-state index is -4.27. The molecule has 0 saturated carbocycles. The van der Waals surface area contributed by atoms with Crippen LogP contribution in [-0.2, 0) is 24.4 Å². The van der Waals surface area contributed by atoms with Crippen molar-refractivity contribution in [2.75, 3.05) is 13.7 Å². The van der Waals surface area contributed by atoms with Crippen LogP contribution in [0.3, 0.4) is 0 Å². The zero-order valence-electron chi connectivity index (χ0n) is 16.6. The number of halogens is 1. The third-order valence-electron chi connectivity index (χ3n) is 4.18. The summed E-state index contributed by atoms with van der Waals surface area (Å²) in [6, 6.07) is 8.45. The highest BCUT2D eigenvalue weighted by Gasteiger charge is 2.36. The van der Waals surface area contributed by atoms with Gasteiger partial charge in [-0.05, 0) is 63.6 Å². The predicted molar refractivity (Wildman–Crippen MR) is 120 cm³/mol. The summed E-state index contributed by atoms with van der Waals surface area (Å²) in [6.07, 6.45) is 1.40. The molecule has 11 nitrogen and oxygen atoms in total. The van der Waals surface area contributed by atoms with E-state index in [2.05, 4.69) is 20.7 Å². The Morgan fingerprint density at radius 3 is 2.45 bits per heavy atom. The first kappa shape index (κ1) is 24.4. The number of hydrogen-bond acceptors (Lipinski definition) is 10. The van der Waals surface area contributed by atoms with Gasteiger partial charge >= 0.3 is 16.1 Å². The Morgan fingerprint density at radius 1 is 1.21 bits per heavy atom. The zero-order valence-corrected chi connectivity index (χ0v) is 19.8. The fourth-order valence-corrected chi connectivity index (χ4v) is 4.93. The standard InChI is InChI=1S/C19H13BrN2O9S2/c1-30-17(23)10-21-18(24)16(32-19(21)25)9-11-2-7-15(14(20)8-11)31-33(28,29)13-5-3-12(4-6-13)22(26)27/h2-9H,10H2,1H3/b16-9-. The van der Waals surface area contributed by atoms with Gasteiger partial charge in [0, 0.05) is 12.1 Å². The molecular weight excluding hydrogens is 544 g/mol. The molecule has 0 aliphatic carbocycles. The van der Waals surface area contributed by atoms with Gasteiger partial charge in [-0.2, -0.15) is 8.42 Å². The van der Waals surface area contributed by atoms with Crippen LogP contribution in [0, 0.1) is 10.1 Å². The van der Waals surface area contributed by atoms with Gasteiger partial charge in [0.15, 0.2) is 5.75 Å². The second kappa shape index (κ2) is 9.72. The molecule has 1 fully saturated rings. The minimum Gasteiger partial charge on any atom is -0.468 e. The van der Waals surface area contributed by atoms with E-state index in [-0.39, 0.29) is 25.7 Å². The fraction of sp³-hybridized carbons (Fsp3) is 0.105. The number of hydrogen-bond donors (Lipinski definition) is 0. The van der Waals surface area contributed by atoms with Gasteiger partial charge < -0.3 is 8.92 Å². The van der Waals surface area contributed by atoms with Crippen molar-refractivity contribution in [2.24, 2.45) is 0 Å². The average molecular weight is 557 g/mol. The third-order valence-corrected chi connectivity index (χ3v) is 6.95. The lowest BCUT2D eigenvalue weighted by Gasteiger charge is -2.10. The summed E-state index contributed by atoms with van der Waals surface area (Å²) in [6.45, 7) is -0.504. The van der Waals surface area contributed by atoms with Crippen LogP contribution < -0.4 is 4.18 Å².